The molecule has 2 aromatic carbocycles. The molecule has 1 aliphatic rings. The van der Waals surface area contributed by atoms with Crippen molar-refractivity contribution in [1.29, 1.82) is 0 Å². The third-order valence-corrected chi connectivity index (χ3v) is 5.29. The first-order valence-electron chi connectivity index (χ1n) is 9.02. The number of ether oxygens (including phenoxy) is 2. The molecule has 0 radical (unpaired) electrons. The average molecular weight is 388 g/mol. The minimum absolute atomic E-state index is 0.186. The molecule has 5 nitrogen and oxygen atoms in total. The van der Waals surface area contributed by atoms with Crippen molar-refractivity contribution < 1.29 is 9.47 Å². The molecule has 1 fully saturated rings. The number of hydrogen-bond donors (Lipinski definition) is 2. The number of hydrogen-bond acceptors (Lipinski definition) is 3. The van der Waals surface area contributed by atoms with E-state index in [0.29, 0.717) is 6.54 Å². The highest BCUT2D eigenvalue weighted by Crippen LogP contribution is 2.47. The molecule has 0 heterocycles. The zero-order valence-electron chi connectivity index (χ0n) is 16.0. The van der Waals surface area contributed by atoms with Crippen molar-refractivity contribution in [2.24, 2.45) is 4.99 Å². The van der Waals surface area contributed by atoms with Crippen LogP contribution in [0.25, 0.3) is 0 Å². The average Bonchev–Trinajstić information content (AvgIpc) is 3.49. The Morgan fingerprint density at radius 3 is 2.33 bits per heavy atom. The maximum Gasteiger partial charge on any atom is 0.191 e. The number of methoxy groups -OCH3 is 2. The second-order valence-corrected chi connectivity index (χ2v) is 7.19. The van der Waals surface area contributed by atoms with Gasteiger partial charge in [-0.2, -0.15) is 0 Å². The summed E-state index contributed by atoms with van der Waals surface area (Å²) in [6, 6.07) is 14.1. The molecule has 144 valence electrons. The second-order valence-electron chi connectivity index (χ2n) is 6.76. The molecule has 0 atom stereocenters. The summed E-state index contributed by atoms with van der Waals surface area (Å²) < 4.78 is 10.6. The largest absolute Gasteiger partial charge is 0.493 e. The van der Waals surface area contributed by atoms with Gasteiger partial charge in [-0.1, -0.05) is 29.8 Å². The molecule has 0 unspecified atom stereocenters. The van der Waals surface area contributed by atoms with Gasteiger partial charge in [0, 0.05) is 30.6 Å². The summed E-state index contributed by atoms with van der Waals surface area (Å²) in [5.74, 6) is 2.23. The molecular weight excluding hydrogens is 362 g/mol. The Kier molecular flexibility index (Phi) is 6.11. The van der Waals surface area contributed by atoms with Gasteiger partial charge in [0.25, 0.3) is 0 Å². The van der Waals surface area contributed by atoms with E-state index < -0.39 is 0 Å². The molecule has 0 aliphatic heterocycles. The summed E-state index contributed by atoms with van der Waals surface area (Å²) >= 11 is 6.01. The predicted molar refractivity (Wildman–Crippen MR) is 110 cm³/mol. The Morgan fingerprint density at radius 2 is 1.74 bits per heavy atom. The van der Waals surface area contributed by atoms with Crippen molar-refractivity contribution in [3.8, 4) is 11.5 Å². The molecule has 27 heavy (non-hydrogen) atoms. The molecule has 1 aliphatic carbocycles. The lowest BCUT2D eigenvalue weighted by Crippen LogP contribution is -2.40. The summed E-state index contributed by atoms with van der Waals surface area (Å²) in [5.41, 5.74) is 2.61. The highest BCUT2D eigenvalue weighted by atomic mass is 35.5. The van der Waals surface area contributed by atoms with Gasteiger partial charge in [0.1, 0.15) is 0 Å². The van der Waals surface area contributed by atoms with Crippen LogP contribution >= 0.6 is 11.6 Å². The SMILES string of the molecule is CN=C(NCc1ccc(OC)c(OC)c1)NCC1(c2ccc(Cl)cc2)CC1. The van der Waals surface area contributed by atoms with E-state index in [1.807, 2.05) is 30.3 Å². The first-order chi connectivity index (χ1) is 13.1. The van der Waals surface area contributed by atoms with Crippen molar-refractivity contribution in [3.63, 3.8) is 0 Å². The normalized spacial score (nSPS) is 15.2. The van der Waals surface area contributed by atoms with Crippen LogP contribution < -0.4 is 20.1 Å². The summed E-state index contributed by atoms with van der Waals surface area (Å²) in [7, 11) is 5.06. The number of halogens is 1. The van der Waals surface area contributed by atoms with E-state index in [9.17, 15) is 0 Å². The summed E-state index contributed by atoms with van der Waals surface area (Å²) in [4.78, 5) is 4.34. The van der Waals surface area contributed by atoms with Crippen LogP contribution in [-0.4, -0.2) is 33.8 Å². The van der Waals surface area contributed by atoms with Gasteiger partial charge in [-0.3, -0.25) is 4.99 Å². The van der Waals surface area contributed by atoms with Crippen LogP contribution in [0, 0.1) is 0 Å². The molecule has 0 aromatic heterocycles. The van der Waals surface area contributed by atoms with Crippen LogP contribution in [0.1, 0.15) is 24.0 Å². The van der Waals surface area contributed by atoms with Gasteiger partial charge < -0.3 is 20.1 Å². The quantitative estimate of drug-likeness (QED) is 0.561. The zero-order valence-corrected chi connectivity index (χ0v) is 16.8. The van der Waals surface area contributed by atoms with Gasteiger partial charge in [0.15, 0.2) is 17.5 Å². The van der Waals surface area contributed by atoms with Gasteiger partial charge in [-0.15, -0.1) is 0 Å². The molecule has 3 rings (SSSR count). The number of nitrogens with one attached hydrogen (secondary N) is 2. The predicted octanol–water partition coefficient (Wildman–Crippen LogP) is 3.75. The van der Waals surface area contributed by atoms with Crippen LogP contribution in [0.15, 0.2) is 47.5 Å². The third kappa shape index (κ3) is 4.66. The molecule has 1 saturated carbocycles. The van der Waals surface area contributed by atoms with Crippen LogP contribution in [0.5, 0.6) is 11.5 Å². The Bertz CT molecular complexity index is 802. The van der Waals surface area contributed by atoms with Gasteiger partial charge in [-0.25, -0.2) is 0 Å². The molecule has 0 amide bonds. The van der Waals surface area contributed by atoms with Crippen LogP contribution in [-0.2, 0) is 12.0 Å². The summed E-state index contributed by atoms with van der Waals surface area (Å²) in [6.45, 7) is 1.49. The van der Waals surface area contributed by atoms with E-state index >= 15 is 0 Å². The van der Waals surface area contributed by atoms with E-state index in [-0.39, 0.29) is 5.41 Å². The van der Waals surface area contributed by atoms with E-state index in [4.69, 9.17) is 21.1 Å². The molecule has 0 saturated heterocycles. The number of guanidine groups is 1. The Hall–Kier alpha value is -2.40. The number of nitrogens with zero attached hydrogens (tertiary/aromatic N) is 1. The number of aliphatic imine (C=N–C) groups is 1. The Balaban J connectivity index is 1.56. The number of benzene rings is 2. The standard InChI is InChI=1S/C21H26ClN3O2/c1-23-20(24-13-15-4-9-18(26-2)19(12-15)27-3)25-14-21(10-11-21)16-5-7-17(22)8-6-16/h4-9,12H,10-11,13-14H2,1-3H3,(H2,23,24,25). The molecule has 0 bridgehead atoms. The van der Waals surface area contributed by atoms with Gasteiger partial charge >= 0.3 is 0 Å². The fourth-order valence-electron chi connectivity index (χ4n) is 3.17. The first kappa shape index (κ1) is 19.4. The minimum atomic E-state index is 0.186. The van der Waals surface area contributed by atoms with E-state index in [1.54, 1.807) is 21.3 Å². The molecule has 0 spiro atoms. The lowest BCUT2D eigenvalue weighted by atomic mass is 9.96. The fourth-order valence-corrected chi connectivity index (χ4v) is 3.30. The van der Waals surface area contributed by atoms with Crippen molar-refractivity contribution >= 4 is 17.6 Å². The van der Waals surface area contributed by atoms with Crippen LogP contribution in [0.3, 0.4) is 0 Å². The van der Waals surface area contributed by atoms with Crippen LogP contribution in [0.4, 0.5) is 0 Å². The minimum Gasteiger partial charge on any atom is -0.493 e. The van der Waals surface area contributed by atoms with Gasteiger partial charge in [0.2, 0.25) is 0 Å². The molecule has 6 heteroatoms. The molecular formula is C21H26ClN3O2. The Labute approximate surface area is 165 Å². The lowest BCUT2D eigenvalue weighted by Gasteiger charge is -2.19. The zero-order chi connectivity index (χ0) is 19.3. The first-order valence-corrected chi connectivity index (χ1v) is 9.39. The molecule has 2 aromatic rings. The topological polar surface area (TPSA) is 54.9 Å². The van der Waals surface area contributed by atoms with Crippen molar-refractivity contribution in [3.05, 3.63) is 58.6 Å². The highest BCUT2D eigenvalue weighted by molar-refractivity contribution is 6.30. The monoisotopic (exact) mass is 387 g/mol. The lowest BCUT2D eigenvalue weighted by molar-refractivity contribution is 0.354. The van der Waals surface area contributed by atoms with Crippen molar-refractivity contribution in [2.75, 3.05) is 27.8 Å². The highest BCUT2D eigenvalue weighted by Gasteiger charge is 2.44. The van der Waals surface area contributed by atoms with Gasteiger partial charge in [-0.05, 0) is 48.2 Å². The Morgan fingerprint density at radius 1 is 1.04 bits per heavy atom. The fraction of sp³-hybridized carbons (Fsp3) is 0.381. The third-order valence-electron chi connectivity index (χ3n) is 5.04. The van der Waals surface area contributed by atoms with Crippen LogP contribution in [0.2, 0.25) is 5.02 Å². The smallest absolute Gasteiger partial charge is 0.191 e. The molecule has 2 N–H and O–H groups in total. The maximum atomic E-state index is 6.01. The second kappa shape index (κ2) is 8.53. The van der Waals surface area contributed by atoms with E-state index in [0.717, 1.165) is 34.6 Å². The van der Waals surface area contributed by atoms with Crippen molar-refractivity contribution in [2.45, 2.75) is 24.8 Å². The van der Waals surface area contributed by atoms with E-state index in [2.05, 4.69) is 27.8 Å². The van der Waals surface area contributed by atoms with E-state index in [1.165, 1.54) is 18.4 Å². The summed E-state index contributed by atoms with van der Waals surface area (Å²) in [5, 5.41) is 7.59. The summed E-state index contributed by atoms with van der Waals surface area (Å²) in [6.07, 6.45) is 2.35. The van der Waals surface area contributed by atoms with Gasteiger partial charge in [0.05, 0.1) is 14.2 Å². The maximum absolute atomic E-state index is 6.01. The number of rotatable bonds is 7. The van der Waals surface area contributed by atoms with Crippen molar-refractivity contribution in [1.82, 2.24) is 10.6 Å².